The van der Waals surface area contributed by atoms with Gasteiger partial charge >= 0.3 is 0 Å². The maximum Gasteiger partial charge on any atom is 0.176 e. The third kappa shape index (κ3) is 1.93. The molecule has 106 valence electrons. The highest BCUT2D eigenvalue weighted by molar-refractivity contribution is 5.74. The molecule has 3 aromatic heterocycles. The number of hydrogen-bond donors (Lipinski definition) is 0. The highest BCUT2D eigenvalue weighted by atomic mass is 15.3. The number of rotatable bonds is 2. The van der Waals surface area contributed by atoms with Gasteiger partial charge in [-0.05, 0) is 13.0 Å². The lowest BCUT2D eigenvalue weighted by Gasteiger charge is -2.39. The first-order valence-corrected chi connectivity index (χ1v) is 6.90. The molecule has 0 radical (unpaired) electrons. The number of nitrogens with zero attached hydrogens (tertiary/aromatic N) is 7. The van der Waals surface area contributed by atoms with Gasteiger partial charge in [-0.2, -0.15) is 5.10 Å². The van der Waals surface area contributed by atoms with Gasteiger partial charge in [0, 0.05) is 44.6 Å². The Kier molecular flexibility index (Phi) is 2.60. The van der Waals surface area contributed by atoms with Crippen molar-refractivity contribution in [3.63, 3.8) is 0 Å². The first-order chi connectivity index (χ1) is 10.2. The molecule has 7 heteroatoms. The molecule has 0 spiro atoms. The Bertz CT molecular complexity index is 804. The van der Waals surface area contributed by atoms with Gasteiger partial charge in [-0.3, -0.25) is 0 Å². The van der Waals surface area contributed by atoms with Crippen molar-refractivity contribution in [3.8, 4) is 0 Å². The van der Waals surface area contributed by atoms with Crippen LogP contribution in [-0.2, 0) is 7.05 Å². The van der Waals surface area contributed by atoms with Gasteiger partial charge in [-0.1, -0.05) is 0 Å². The minimum Gasteiger partial charge on any atom is -0.355 e. The summed E-state index contributed by atoms with van der Waals surface area (Å²) in [6.07, 6.45) is 5.22. The van der Waals surface area contributed by atoms with E-state index in [0.717, 1.165) is 41.6 Å². The Labute approximate surface area is 121 Å². The maximum absolute atomic E-state index is 4.59. The van der Waals surface area contributed by atoms with E-state index in [-0.39, 0.29) is 0 Å². The van der Waals surface area contributed by atoms with E-state index in [2.05, 4.69) is 29.9 Å². The smallest absolute Gasteiger partial charge is 0.176 e. The zero-order valence-corrected chi connectivity index (χ0v) is 11.9. The lowest BCUT2D eigenvalue weighted by atomic mass is 9.96. The van der Waals surface area contributed by atoms with E-state index in [9.17, 15) is 0 Å². The molecule has 0 saturated carbocycles. The van der Waals surface area contributed by atoms with Crippen LogP contribution < -0.4 is 4.90 Å². The van der Waals surface area contributed by atoms with E-state index < -0.39 is 0 Å². The summed E-state index contributed by atoms with van der Waals surface area (Å²) in [5.74, 6) is 2.15. The quantitative estimate of drug-likeness (QED) is 0.699. The van der Waals surface area contributed by atoms with Crippen molar-refractivity contribution in [3.05, 3.63) is 36.2 Å². The predicted octanol–water partition coefficient (Wildman–Crippen LogP) is 1.07. The lowest BCUT2D eigenvalue weighted by Crippen LogP contribution is -2.45. The molecule has 0 aliphatic carbocycles. The molecular formula is C14H15N7. The van der Waals surface area contributed by atoms with Crippen molar-refractivity contribution >= 4 is 17.0 Å². The summed E-state index contributed by atoms with van der Waals surface area (Å²) in [6.45, 7) is 3.71. The fraction of sp³-hybridized carbons (Fsp3) is 0.357. The van der Waals surface area contributed by atoms with Crippen molar-refractivity contribution in [2.24, 2.45) is 7.05 Å². The van der Waals surface area contributed by atoms with Crippen LogP contribution in [0.4, 0.5) is 5.82 Å². The van der Waals surface area contributed by atoms with Gasteiger partial charge in [0.15, 0.2) is 5.65 Å². The molecule has 0 atom stereocenters. The van der Waals surface area contributed by atoms with Gasteiger partial charge in [0.05, 0.1) is 5.69 Å². The van der Waals surface area contributed by atoms with Crippen molar-refractivity contribution in [1.82, 2.24) is 29.7 Å². The van der Waals surface area contributed by atoms with Crippen molar-refractivity contribution in [1.29, 1.82) is 0 Å². The SMILES string of the molecule is Cc1nccc(N2CC(c3nn(C)c4nccnc34)C2)n1. The average Bonchev–Trinajstić information content (AvgIpc) is 2.76. The Hall–Kier alpha value is -2.57. The molecule has 4 rings (SSSR count). The zero-order chi connectivity index (χ0) is 14.4. The molecule has 0 N–H and O–H groups in total. The van der Waals surface area contributed by atoms with Crippen LogP contribution in [0.3, 0.4) is 0 Å². The molecule has 0 bridgehead atoms. The summed E-state index contributed by atoms with van der Waals surface area (Å²) >= 11 is 0. The molecule has 0 aromatic carbocycles. The molecule has 3 aromatic rings. The number of hydrogen-bond acceptors (Lipinski definition) is 6. The van der Waals surface area contributed by atoms with Crippen molar-refractivity contribution < 1.29 is 0 Å². The van der Waals surface area contributed by atoms with E-state index in [0.29, 0.717) is 5.92 Å². The van der Waals surface area contributed by atoms with Crippen LogP contribution in [0, 0.1) is 6.92 Å². The first kappa shape index (κ1) is 12.2. The largest absolute Gasteiger partial charge is 0.355 e. The second-order valence-corrected chi connectivity index (χ2v) is 5.30. The highest BCUT2D eigenvalue weighted by Crippen LogP contribution is 2.32. The molecule has 7 nitrogen and oxygen atoms in total. The summed E-state index contributed by atoms with van der Waals surface area (Å²) in [5, 5.41) is 4.59. The van der Waals surface area contributed by atoms with Gasteiger partial charge in [0.1, 0.15) is 17.2 Å². The molecule has 1 aliphatic heterocycles. The van der Waals surface area contributed by atoms with Crippen molar-refractivity contribution in [2.75, 3.05) is 18.0 Å². The molecular weight excluding hydrogens is 266 g/mol. The topological polar surface area (TPSA) is 72.6 Å². The molecule has 0 unspecified atom stereocenters. The molecule has 1 fully saturated rings. The summed E-state index contributed by atoms with van der Waals surface area (Å²) in [5.41, 5.74) is 2.77. The van der Waals surface area contributed by atoms with Gasteiger partial charge in [-0.25, -0.2) is 24.6 Å². The van der Waals surface area contributed by atoms with Crippen LogP contribution in [0.2, 0.25) is 0 Å². The third-order valence-electron chi connectivity index (χ3n) is 3.84. The van der Waals surface area contributed by atoms with Gasteiger partial charge in [-0.15, -0.1) is 0 Å². The normalized spacial score (nSPS) is 15.4. The second kappa shape index (κ2) is 4.47. The van der Waals surface area contributed by atoms with Crippen LogP contribution in [0.25, 0.3) is 11.2 Å². The van der Waals surface area contributed by atoms with E-state index >= 15 is 0 Å². The third-order valence-corrected chi connectivity index (χ3v) is 3.84. The van der Waals surface area contributed by atoms with Crippen LogP contribution >= 0.6 is 0 Å². The Morgan fingerprint density at radius 3 is 2.71 bits per heavy atom. The summed E-state index contributed by atoms with van der Waals surface area (Å²) < 4.78 is 1.80. The van der Waals surface area contributed by atoms with Crippen LogP contribution in [-0.4, -0.2) is 42.8 Å². The van der Waals surface area contributed by atoms with Gasteiger partial charge in [0.25, 0.3) is 0 Å². The zero-order valence-electron chi connectivity index (χ0n) is 11.9. The predicted molar refractivity (Wildman–Crippen MR) is 78.0 cm³/mol. The summed E-state index contributed by atoms with van der Waals surface area (Å²) in [6, 6.07) is 1.94. The maximum atomic E-state index is 4.59. The second-order valence-electron chi connectivity index (χ2n) is 5.30. The minimum absolute atomic E-state index is 0.376. The molecule has 21 heavy (non-hydrogen) atoms. The average molecular weight is 281 g/mol. The Morgan fingerprint density at radius 1 is 1.10 bits per heavy atom. The number of aromatic nitrogens is 6. The van der Waals surface area contributed by atoms with E-state index in [1.165, 1.54) is 0 Å². The van der Waals surface area contributed by atoms with Crippen LogP contribution in [0.15, 0.2) is 24.7 Å². The fourth-order valence-electron chi connectivity index (χ4n) is 2.74. The number of anilines is 1. The Balaban J connectivity index is 1.60. The highest BCUT2D eigenvalue weighted by Gasteiger charge is 2.33. The molecule has 1 aliphatic rings. The van der Waals surface area contributed by atoms with E-state index in [1.807, 2.05) is 20.0 Å². The van der Waals surface area contributed by atoms with Crippen LogP contribution in [0.1, 0.15) is 17.4 Å². The monoisotopic (exact) mass is 281 g/mol. The minimum atomic E-state index is 0.376. The molecule has 0 amide bonds. The standard InChI is InChI=1S/C14H15N7/c1-9-15-4-3-11(18-9)21-7-10(8-21)12-13-14(20(2)19-12)17-6-5-16-13/h3-6,10H,7-8H2,1-2H3. The Morgan fingerprint density at radius 2 is 1.90 bits per heavy atom. The van der Waals surface area contributed by atoms with Crippen molar-refractivity contribution in [2.45, 2.75) is 12.8 Å². The molecule has 1 saturated heterocycles. The van der Waals surface area contributed by atoms with Gasteiger partial charge < -0.3 is 4.90 Å². The van der Waals surface area contributed by atoms with Crippen LogP contribution in [0.5, 0.6) is 0 Å². The summed E-state index contributed by atoms with van der Waals surface area (Å²) in [4.78, 5) is 19.6. The van der Waals surface area contributed by atoms with Gasteiger partial charge in [0.2, 0.25) is 0 Å². The molecule has 4 heterocycles. The van der Waals surface area contributed by atoms with E-state index in [4.69, 9.17) is 0 Å². The number of aryl methyl sites for hydroxylation is 2. The van der Waals surface area contributed by atoms with E-state index in [1.54, 1.807) is 23.3 Å². The lowest BCUT2D eigenvalue weighted by molar-refractivity contribution is 0.504. The number of fused-ring (bicyclic) bond motifs is 1. The summed E-state index contributed by atoms with van der Waals surface area (Å²) in [7, 11) is 1.91. The fourth-order valence-corrected chi connectivity index (χ4v) is 2.74. The first-order valence-electron chi connectivity index (χ1n) is 6.90.